The maximum absolute atomic E-state index is 11.4. The quantitative estimate of drug-likeness (QED) is 0.422. The number of carbonyl (C=O) groups is 2. The fraction of sp³-hybridized carbons (Fsp3) is 0.647. The smallest absolute Gasteiger partial charge is 0.246 e. The zero-order chi connectivity index (χ0) is 17.9. The molecule has 132 valence electrons. The van der Waals surface area contributed by atoms with E-state index in [4.69, 9.17) is 9.47 Å². The van der Waals surface area contributed by atoms with Crippen LogP contribution in [0.4, 0.5) is 0 Å². The average Bonchev–Trinajstić information content (AvgIpc) is 2.45. The molecule has 0 bridgehead atoms. The number of amides is 2. The van der Waals surface area contributed by atoms with Crippen LogP contribution < -0.4 is 10.6 Å². The highest BCUT2D eigenvalue weighted by molar-refractivity contribution is 5.92. The van der Waals surface area contributed by atoms with E-state index in [1.165, 1.54) is 0 Å². The van der Waals surface area contributed by atoms with E-state index >= 15 is 0 Å². The molecule has 0 saturated carbocycles. The summed E-state index contributed by atoms with van der Waals surface area (Å²) in [5.74, 6) is -0.302. The number of hydrogen-bond acceptors (Lipinski definition) is 4. The molecule has 0 aromatic rings. The molecule has 0 aliphatic carbocycles. The molecule has 2 amide bonds. The molecule has 0 aliphatic heterocycles. The fourth-order valence-electron chi connectivity index (χ4n) is 1.57. The van der Waals surface area contributed by atoms with E-state index in [0.29, 0.717) is 50.5 Å². The number of ether oxygens (including phenoxy) is 2. The molecule has 23 heavy (non-hydrogen) atoms. The van der Waals surface area contributed by atoms with Crippen molar-refractivity contribution in [3.63, 3.8) is 0 Å². The van der Waals surface area contributed by atoms with Gasteiger partial charge < -0.3 is 20.1 Å². The molecule has 6 nitrogen and oxygen atoms in total. The van der Waals surface area contributed by atoms with Crippen molar-refractivity contribution in [3.05, 3.63) is 24.3 Å². The molecule has 0 spiro atoms. The predicted molar refractivity (Wildman–Crippen MR) is 91.1 cm³/mol. The van der Waals surface area contributed by atoms with E-state index in [9.17, 15) is 9.59 Å². The van der Waals surface area contributed by atoms with Gasteiger partial charge in [0.2, 0.25) is 11.8 Å². The fourth-order valence-corrected chi connectivity index (χ4v) is 1.57. The summed E-state index contributed by atoms with van der Waals surface area (Å²) in [6, 6.07) is 0. The molecule has 0 atom stereocenters. The van der Waals surface area contributed by atoms with Crippen LogP contribution in [0.3, 0.4) is 0 Å². The second-order valence-electron chi connectivity index (χ2n) is 6.04. The third kappa shape index (κ3) is 11.5. The Morgan fingerprint density at radius 1 is 0.913 bits per heavy atom. The van der Waals surface area contributed by atoms with Crippen molar-refractivity contribution in [2.45, 2.75) is 39.7 Å². The normalized spacial score (nSPS) is 11.0. The average molecular weight is 326 g/mol. The van der Waals surface area contributed by atoms with Crippen LogP contribution in [-0.4, -0.2) is 50.3 Å². The summed E-state index contributed by atoms with van der Waals surface area (Å²) < 4.78 is 11.1. The van der Waals surface area contributed by atoms with Gasteiger partial charge in [0.25, 0.3) is 0 Å². The SMILES string of the molecule is C=C(C)C(=O)NCCOCCOC(C)(C)CCNC(=O)C(=C)C. The maximum Gasteiger partial charge on any atom is 0.246 e. The summed E-state index contributed by atoms with van der Waals surface area (Å²) in [4.78, 5) is 22.6. The molecule has 6 heteroatoms. The van der Waals surface area contributed by atoms with Crippen LogP contribution >= 0.6 is 0 Å². The number of rotatable bonds is 12. The standard InChI is InChI=1S/C17H30N2O4/c1-13(2)15(20)18-8-7-17(5,6)23-12-11-22-10-9-19-16(21)14(3)4/h1,3,7-12H2,2,4-6H3,(H,18,20)(H,19,21). The molecule has 0 aromatic heterocycles. The first-order valence-electron chi connectivity index (χ1n) is 7.75. The van der Waals surface area contributed by atoms with E-state index in [-0.39, 0.29) is 17.4 Å². The number of nitrogens with one attached hydrogen (secondary N) is 2. The summed E-state index contributed by atoms with van der Waals surface area (Å²) in [5.41, 5.74) is 0.629. The van der Waals surface area contributed by atoms with Gasteiger partial charge in [0.05, 0.1) is 25.4 Å². The van der Waals surface area contributed by atoms with Gasteiger partial charge in [-0.3, -0.25) is 9.59 Å². The Kier molecular flexibility index (Phi) is 10.2. The van der Waals surface area contributed by atoms with Crippen molar-refractivity contribution in [1.29, 1.82) is 0 Å². The molecule has 0 aromatic carbocycles. The minimum Gasteiger partial charge on any atom is -0.377 e. The van der Waals surface area contributed by atoms with Gasteiger partial charge in [-0.1, -0.05) is 13.2 Å². The van der Waals surface area contributed by atoms with Gasteiger partial charge in [-0.2, -0.15) is 0 Å². The molecule has 0 fully saturated rings. The lowest BCUT2D eigenvalue weighted by Gasteiger charge is -2.25. The Hall–Kier alpha value is -1.66. The van der Waals surface area contributed by atoms with Crippen LogP contribution in [0.25, 0.3) is 0 Å². The van der Waals surface area contributed by atoms with Crippen molar-refractivity contribution in [2.75, 3.05) is 32.9 Å². The van der Waals surface area contributed by atoms with Crippen molar-refractivity contribution in [3.8, 4) is 0 Å². The predicted octanol–water partition coefficient (Wildman–Crippen LogP) is 1.57. The van der Waals surface area contributed by atoms with Gasteiger partial charge in [-0.25, -0.2) is 0 Å². The van der Waals surface area contributed by atoms with Gasteiger partial charge in [0.15, 0.2) is 0 Å². The summed E-state index contributed by atoms with van der Waals surface area (Å²) in [7, 11) is 0. The van der Waals surface area contributed by atoms with E-state index in [0.717, 1.165) is 0 Å². The van der Waals surface area contributed by atoms with Gasteiger partial charge >= 0.3 is 0 Å². The van der Waals surface area contributed by atoms with Gasteiger partial charge in [-0.15, -0.1) is 0 Å². The second kappa shape index (κ2) is 11.0. The third-order valence-corrected chi connectivity index (χ3v) is 3.04. The highest BCUT2D eigenvalue weighted by atomic mass is 16.5. The Balaban J connectivity index is 3.66. The first kappa shape index (κ1) is 21.3. The largest absolute Gasteiger partial charge is 0.377 e. The minimum atomic E-state index is -0.347. The van der Waals surface area contributed by atoms with Gasteiger partial charge in [-0.05, 0) is 34.1 Å². The van der Waals surface area contributed by atoms with Crippen LogP contribution in [0, 0.1) is 0 Å². The molecule has 0 unspecified atom stereocenters. The lowest BCUT2D eigenvalue weighted by Crippen LogP contribution is -2.34. The minimum absolute atomic E-state index is 0.138. The third-order valence-electron chi connectivity index (χ3n) is 3.04. The lowest BCUT2D eigenvalue weighted by molar-refractivity contribution is -0.118. The highest BCUT2D eigenvalue weighted by Crippen LogP contribution is 2.13. The van der Waals surface area contributed by atoms with Crippen molar-refractivity contribution in [2.24, 2.45) is 0 Å². The summed E-state index contributed by atoms with van der Waals surface area (Å²) in [6.45, 7) is 16.7. The highest BCUT2D eigenvalue weighted by Gasteiger charge is 2.18. The van der Waals surface area contributed by atoms with Crippen LogP contribution in [0.5, 0.6) is 0 Å². The maximum atomic E-state index is 11.4. The number of carbonyl (C=O) groups excluding carboxylic acids is 2. The second-order valence-corrected chi connectivity index (χ2v) is 6.04. The van der Waals surface area contributed by atoms with Gasteiger partial charge in [0, 0.05) is 24.2 Å². The van der Waals surface area contributed by atoms with E-state index in [1.54, 1.807) is 13.8 Å². The summed E-state index contributed by atoms with van der Waals surface area (Å²) in [5, 5.41) is 5.46. The van der Waals surface area contributed by atoms with Crippen molar-refractivity contribution in [1.82, 2.24) is 10.6 Å². The van der Waals surface area contributed by atoms with Crippen molar-refractivity contribution < 1.29 is 19.1 Å². The first-order chi connectivity index (χ1) is 10.7. The molecule has 0 saturated heterocycles. The lowest BCUT2D eigenvalue weighted by atomic mass is 10.1. The van der Waals surface area contributed by atoms with Crippen molar-refractivity contribution >= 4 is 11.8 Å². The molecular weight excluding hydrogens is 296 g/mol. The molecule has 0 radical (unpaired) electrons. The van der Waals surface area contributed by atoms with Gasteiger partial charge in [0.1, 0.15) is 0 Å². The molecule has 0 aliphatic rings. The summed E-state index contributed by atoms with van der Waals surface area (Å²) in [6.07, 6.45) is 0.695. The Morgan fingerprint density at radius 3 is 1.96 bits per heavy atom. The van der Waals surface area contributed by atoms with E-state index in [1.807, 2.05) is 13.8 Å². The monoisotopic (exact) mass is 326 g/mol. The number of hydrogen-bond donors (Lipinski definition) is 2. The zero-order valence-electron chi connectivity index (χ0n) is 14.8. The zero-order valence-corrected chi connectivity index (χ0v) is 14.8. The molecule has 0 heterocycles. The summed E-state index contributed by atoms with van der Waals surface area (Å²) >= 11 is 0. The molecule has 2 N–H and O–H groups in total. The Bertz CT molecular complexity index is 430. The van der Waals surface area contributed by atoms with E-state index < -0.39 is 0 Å². The molecule has 0 rings (SSSR count). The van der Waals surface area contributed by atoms with Crippen LogP contribution in [0.15, 0.2) is 24.3 Å². The Labute approximate surface area is 139 Å². The van der Waals surface area contributed by atoms with Crippen LogP contribution in [0.2, 0.25) is 0 Å². The Morgan fingerprint density at radius 2 is 1.43 bits per heavy atom. The molecular formula is C17H30N2O4. The van der Waals surface area contributed by atoms with E-state index in [2.05, 4.69) is 23.8 Å². The van der Waals surface area contributed by atoms with Crippen LogP contribution in [-0.2, 0) is 19.1 Å². The van der Waals surface area contributed by atoms with Crippen LogP contribution in [0.1, 0.15) is 34.1 Å². The topological polar surface area (TPSA) is 76.7 Å². The first-order valence-corrected chi connectivity index (χ1v) is 7.75.